The SMILES string of the molecule is CSc1c(N)nsc1NC(C)CC(F)(F)F. The largest absolute Gasteiger partial charge is 0.391 e. The standard InChI is InChI=1S/C8H12F3N3S2/c1-4(3-8(9,10)11)13-7-5(15-2)6(12)14-16-7/h4,13H,3H2,1-2H3,(H2,12,14). The van der Waals surface area contributed by atoms with Crippen LogP contribution in [-0.2, 0) is 0 Å². The number of aromatic nitrogens is 1. The molecule has 0 fully saturated rings. The number of hydrogen-bond donors (Lipinski definition) is 2. The minimum atomic E-state index is -4.16. The van der Waals surface area contributed by atoms with Gasteiger partial charge in [0.1, 0.15) is 5.00 Å². The van der Waals surface area contributed by atoms with E-state index >= 15 is 0 Å². The Labute approximate surface area is 99.8 Å². The number of nitrogen functional groups attached to an aromatic ring is 1. The van der Waals surface area contributed by atoms with E-state index in [0.717, 1.165) is 11.5 Å². The number of nitrogens with zero attached hydrogens (tertiary/aromatic N) is 1. The molecular weight excluding hydrogens is 259 g/mol. The molecule has 1 unspecified atom stereocenters. The summed E-state index contributed by atoms with van der Waals surface area (Å²) in [6.07, 6.45) is -3.24. The minimum Gasteiger partial charge on any atom is -0.382 e. The second-order valence-corrected chi connectivity index (χ2v) is 4.88. The summed E-state index contributed by atoms with van der Waals surface area (Å²) in [5.41, 5.74) is 5.57. The molecule has 1 heterocycles. The van der Waals surface area contributed by atoms with Crippen molar-refractivity contribution in [3.63, 3.8) is 0 Å². The van der Waals surface area contributed by atoms with Crippen molar-refractivity contribution in [2.45, 2.75) is 30.5 Å². The first kappa shape index (κ1) is 13.4. The van der Waals surface area contributed by atoms with Gasteiger partial charge in [0.25, 0.3) is 0 Å². The summed E-state index contributed by atoms with van der Waals surface area (Å²) in [6, 6.07) is -0.689. The number of rotatable bonds is 4. The van der Waals surface area contributed by atoms with Gasteiger partial charge in [0.15, 0.2) is 5.82 Å². The van der Waals surface area contributed by atoms with Crippen LogP contribution >= 0.6 is 23.3 Å². The van der Waals surface area contributed by atoms with Gasteiger partial charge in [-0.15, -0.1) is 11.8 Å². The maximum absolute atomic E-state index is 12.1. The molecule has 0 aliphatic rings. The summed E-state index contributed by atoms with van der Waals surface area (Å²) < 4.78 is 40.2. The highest BCUT2D eigenvalue weighted by atomic mass is 32.2. The summed E-state index contributed by atoms with van der Waals surface area (Å²) >= 11 is 2.45. The van der Waals surface area contributed by atoms with Crippen LogP contribution in [0.5, 0.6) is 0 Å². The molecule has 1 aromatic rings. The highest BCUT2D eigenvalue weighted by Gasteiger charge is 2.30. The number of halogens is 3. The molecule has 0 amide bonds. The van der Waals surface area contributed by atoms with Crippen molar-refractivity contribution in [2.24, 2.45) is 0 Å². The van der Waals surface area contributed by atoms with Crippen LogP contribution in [0.1, 0.15) is 13.3 Å². The normalized spacial score (nSPS) is 13.8. The van der Waals surface area contributed by atoms with Gasteiger partial charge in [-0.1, -0.05) is 0 Å². The number of nitrogens with two attached hydrogens (primary N) is 1. The van der Waals surface area contributed by atoms with Crippen molar-refractivity contribution >= 4 is 34.1 Å². The predicted molar refractivity (Wildman–Crippen MR) is 62.1 cm³/mol. The third-order valence-electron chi connectivity index (χ3n) is 1.79. The van der Waals surface area contributed by atoms with E-state index in [4.69, 9.17) is 5.73 Å². The number of nitrogens with one attached hydrogen (secondary N) is 1. The van der Waals surface area contributed by atoms with E-state index in [1.807, 2.05) is 0 Å². The van der Waals surface area contributed by atoms with Gasteiger partial charge in [0.2, 0.25) is 0 Å². The fraction of sp³-hybridized carbons (Fsp3) is 0.625. The third-order valence-corrected chi connectivity index (χ3v) is 3.54. The topological polar surface area (TPSA) is 50.9 Å². The Morgan fingerprint density at radius 3 is 2.69 bits per heavy atom. The Kier molecular flexibility index (Phi) is 4.31. The minimum absolute atomic E-state index is 0.360. The molecule has 0 aliphatic carbocycles. The molecule has 0 aliphatic heterocycles. The molecule has 92 valence electrons. The Morgan fingerprint density at radius 2 is 2.19 bits per heavy atom. The van der Waals surface area contributed by atoms with E-state index in [9.17, 15) is 13.2 Å². The zero-order chi connectivity index (χ0) is 12.3. The molecule has 1 aromatic heterocycles. The first-order valence-corrected chi connectivity index (χ1v) is 6.45. The first-order chi connectivity index (χ1) is 7.33. The Bertz CT molecular complexity index is 351. The second kappa shape index (κ2) is 5.13. The summed E-state index contributed by atoms with van der Waals surface area (Å²) in [5.74, 6) is 0.360. The summed E-state index contributed by atoms with van der Waals surface area (Å²) in [6.45, 7) is 1.48. The van der Waals surface area contributed by atoms with E-state index in [-0.39, 0.29) is 0 Å². The molecule has 1 rings (SSSR count). The van der Waals surface area contributed by atoms with Crippen molar-refractivity contribution in [1.29, 1.82) is 0 Å². The molecule has 0 bridgehead atoms. The smallest absolute Gasteiger partial charge is 0.382 e. The average molecular weight is 271 g/mol. The Hall–Kier alpha value is -0.630. The van der Waals surface area contributed by atoms with Crippen molar-refractivity contribution < 1.29 is 13.2 Å². The molecule has 1 atom stereocenters. The van der Waals surface area contributed by atoms with E-state index in [1.54, 1.807) is 6.26 Å². The van der Waals surface area contributed by atoms with Crippen molar-refractivity contribution in [3.05, 3.63) is 0 Å². The molecule has 0 spiro atoms. The van der Waals surface area contributed by atoms with Gasteiger partial charge < -0.3 is 11.1 Å². The summed E-state index contributed by atoms with van der Waals surface area (Å²) in [4.78, 5) is 0.707. The van der Waals surface area contributed by atoms with Gasteiger partial charge in [-0.3, -0.25) is 0 Å². The zero-order valence-electron chi connectivity index (χ0n) is 8.76. The zero-order valence-corrected chi connectivity index (χ0v) is 10.4. The Balaban J connectivity index is 2.66. The molecular formula is C8H12F3N3S2. The lowest BCUT2D eigenvalue weighted by molar-refractivity contribution is -0.136. The maximum Gasteiger partial charge on any atom is 0.391 e. The molecule has 8 heteroatoms. The van der Waals surface area contributed by atoms with Crippen LogP contribution in [0, 0.1) is 0 Å². The number of thioether (sulfide) groups is 1. The van der Waals surface area contributed by atoms with Gasteiger partial charge in [-0.25, -0.2) is 0 Å². The Morgan fingerprint density at radius 1 is 1.56 bits per heavy atom. The molecule has 0 saturated heterocycles. The average Bonchev–Trinajstić information content (AvgIpc) is 2.43. The van der Waals surface area contributed by atoms with Crippen LogP contribution in [0.3, 0.4) is 0 Å². The molecule has 3 nitrogen and oxygen atoms in total. The highest BCUT2D eigenvalue weighted by Crippen LogP contribution is 2.35. The highest BCUT2D eigenvalue weighted by molar-refractivity contribution is 7.99. The lowest BCUT2D eigenvalue weighted by Gasteiger charge is -2.16. The maximum atomic E-state index is 12.1. The molecule has 0 saturated carbocycles. The summed E-state index contributed by atoms with van der Waals surface area (Å²) in [5, 5.41) is 3.37. The van der Waals surface area contributed by atoms with Gasteiger partial charge in [-0.05, 0) is 24.7 Å². The van der Waals surface area contributed by atoms with E-state index < -0.39 is 18.6 Å². The van der Waals surface area contributed by atoms with Crippen LogP contribution < -0.4 is 11.1 Å². The van der Waals surface area contributed by atoms with Crippen LogP contribution in [0.25, 0.3) is 0 Å². The molecule has 0 radical (unpaired) electrons. The second-order valence-electron chi connectivity index (χ2n) is 3.29. The number of hydrogen-bond acceptors (Lipinski definition) is 5. The van der Waals surface area contributed by atoms with Gasteiger partial charge >= 0.3 is 6.18 Å². The van der Waals surface area contributed by atoms with Crippen LogP contribution in [0.4, 0.5) is 24.0 Å². The predicted octanol–water partition coefficient (Wildman–Crippen LogP) is 3.20. The van der Waals surface area contributed by atoms with Gasteiger partial charge in [0, 0.05) is 6.04 Å². The lowest BCUT2D eigenvalue weighted by atomic mass is 10.2. The fourth-order valence-corrected chi connectivity index (χ4v) is 2.85. The van der Waals surface area contributed by atoms with E-state index in [1.165, 1.54) is 18.7 Å². The molecule has 16 heavy (non-hydrogen) atoms. The van der Waals surface area contributed by atoms with Crippen LogP contribution in [0.2, 0.25) is 0 Å². The quantitative estimate of drug-likeness (QED) is 0.826. The van der Waals surface area contributed by atoms with Crippen LogP contribution in [0.15, 0.2) is 4.90 Å². The lowest BCUT2D eigenvalue weighted by Crippen LogP contribution is -2.23. The van der Waals surface area contributed by atoms with Gasteiger partial charge in [0.05, 0.1) is 11.3 Å². The van der Waals surface area contributed by atoms with E-state index in [0.29, 0.717) is 15.7 Å². The van der Waals surface area contributed by atoms with Crippen molar-refractivity contribution in [3.8, 4) is 0 Å². The summed E-state index contributed by atoms with van der Waals surface area (Å²) in [7, 11) is 0. The van der Waals surface area contributed by atoms with Gasteiger partial charge in [-0.2, -0.15) is 17.5 Å². The third kappa shape index (κ3) is 3.75. The first-order valence-electron chi connectivity index (χ1n) is 4.46. The number of alkyl halides is 3. The number of anilines is 2. The van der Waals surface area contributed by atoms with Crippen molar-refractivity contribution in [1.82, 2.24) is 4.37 Å². The molecule has 0 aromatic carbocycles. The van der Waals surface area contributed by atoms with E-state index in [2.05, 4.69) is 9.69 Å². The van der Waals surface area contributed by atoms with Crippen molar-refractivity contribution in [2.75, 3.05) is 17.3 Å². The molecule has 3 N–H and O–H groups in total. The monoisotopic (exact) mass is 271 g/mol. The van der Waals surface area contributed by atoms with Crippen LogP contribution in [-0.4, -0.2) is 22.8 Å². The fourth-order valence-electron chi connectivity index (χ4n) is 1.21.